The van der Waals surface area contributed by atoms with Crippen LogP contribution in [0.15, 0.2) is 36.5 Å². The van der Waals surface area contributed by atoms with Gasteiger partial charge in [0, 0.05) is 12.8 Å². The average Bonchev–Trinajstić information content (AvgIpc) is 3.78. The molecule has 0 aromatic carbocycles. The Morgan fingerprint density at radius 3 is 0.839 bits per heavy atom. The van der Waals surface area contributed by atoms with Gasteiger partial charge in [-0.15, -0.1) is 0 Å². The van der Waals surface area contributed by atoms with Gasteiger partial charge in [-0.1, -0.05) is 423 Å². The molecule has 0 aliphatic heterocycles. The van der Waals surface area contributed by atoms with Crippen LogP contribution >= 0.6 is 0 Å². The number of nitrogens with one attached hydrogen (secondary N) is 1. The molecule has 0 saturated carbocycles. The Morgan fingerprint density at radius 1 is 0.301 bits per heavy atom. The van der Waals surface area contributed by atoms with E-state index >= 15 is 0 Å². The molecule has 93 heavy (non-hydrogen) atoms. The third kappa shape index (κ3) is 79.0. The molecule has 0 heterocycles. The average molecular weight is 1310 g/mol. The number of aliphatic hydroxyl groups excluding tert-OH is 2. The number of esters is 1. The molecule has 6 nitrogen and oxygen atoms in total. The van der Waals surface area contributed by atoms with Gasteiger partial charge in [0.15, 0.2) is 0 Å². The third-order valence-corrected chi connectivity index (χ3v) is 20.2. The number of carbonyl (C=O) groups excluding carboxylic acids is 2. The van der Waals surface area contributed by atoms with Crippen molar-refractivity contribution in [3.8, 4) is 0 Å². The van der Waals surface area contributed by atoms with Crippen molar-refractivity contribution in [1.82, 2.24) is 5.32 Å². The summed E-state index contributed by atoms with van der Waals surface area (Å²) >= 11 is 0. The van der Waals surface area contributed by atoms with E-state index in [0.717, 1.165) is 51.4 Å². The normalized spacial score (nSPS) is 12.6. The Balaban J connectivity index is 3.36. The lowest BCUT2D eigenvalue weighted by molar-refractivity contribution is -0.143. The molecule has 0 fully saturated rings. The van der Waals surface area contributed by atoms with E-state index in [4.69, 9.17) is 4.74 Å². The first-order chi connectivity index (χ1) is 46.0. The molecule has 0 saturated heterocycles. The highest BCUT2D eigenvalue weighted by atomic mass is 16.5. The molecule has 2 atom stereocenters. The Labute approximate surface area is 583 Å². The quantitative estimate of drug-likeness (QED) is 0.0320. The lowest BCUT2D eigenvalue weighted by atomic mass is 10.0. The standard InChI is InChI=1S/C87H167NO5/c1-3-5-7-9-11-13-15-17-18-19-20-21-22-40-43-46-49-52-56-59-63-67-71-75-79-85(90)84(83-89)88-86(91)80-76-72-68-64-60-57-53-50-47-44-41-38-36-34-32-30-28-26-24-23-25-27-29-31-33-35-37-39-42-45-48-51-54-58-62-66-70-74-78-82-93-87(92)81-77-73-69-65-61-55-16-14-12-10-8-6-4-2/h14,16,23-24,27,29,84-85,89-90H,3-13,15,17-22,25-26,28,30-83H2,1-2H3,(H,88,91)/b16-14-,24-23-,29-27-. The molecule has 0 spiro atoms. The van der Waals surface area contributed by atoms with E-state index in [0.29, 0.717) is 25.9 Å². The first-order valence-corrected chi connectivity index (χ1v) is 42.7. The van der Waals surface area contributed by atoms with Crippen LogP contribution in [0.4, 0.5) is 0 Å². The maximum absolute atomic E-state index is 12.6. The number of carbonyl (C=O) groups is 2. The lowest BCUT2D eigenvalue weighted by Crippen LogP contribution is -2.45. The summed E-state index contributed by atoms with van der Waals surface area (Å²) in [6.07, 6.45) is 108. The van der Waals surface area contributed by atoms with Crippen LogP contribution in [0.5, 0.6) is 0 Å². The largest absolute Gasteiger partial charge is 0.466 e. The molecule has 0 aromatic heterocycles. The molecular weight excluding hydrogens is 1140 g/mol. The van der Waals surface area contributed by atoms with Crippen LogP contribution in [-0.2, 0) is 14.3 Å². The molecule has 0 aliphatic carbocycles. The molecule has 2 unspecified atom stereocenters. The van der Waals surface area contributed by atoms with Crippen molar-refractivity contribution in [2.24, 2.45) is 0 Å². The second kappa shape index (κ2) is 82.5. The topological polar surface area (TPSA) is 95.9 Å². The summed E-state index contributed by atoms with van der Waals surface area (Å²) in [4.78, 5) is 24.6. The Kier molecular flexibility index (Phi) is 80.8. The first-order valence-electron chi connectivity index (χ1n) is 42.7. The van der Waals surface area contributed by atoms with Crippen molar-refractivity contribution < 1.29 is 24.5 Å². The van der Waals surface area contributed by atoms with Gasteiger partial charge in [-0.05, 0) is 83.5 Å². The van der Waals surface area contributed by atoms with Gasteiger partial charge in [0.25, 0.3) is 0 Å². The third-order valence-electron chi connectivity index (χ3n) is 20.2. The molecule has 0 bridgehead atoms. The molecule has 3 N–H and O–H groups in total. The predicted molar refractivity (Wildman–Crippen MR) is 412 cm³/mol. The molecule has 1 amide bonds. The fourth-order valence-corrected chi connectivity index (χ4v) is 13.7. The van der Waals surface area contributed by atoms with Gasteiger partial charge in [-0.2, -0.15) is 0 Å². The minimum Gasteiger partial charge on any atom is -0.466 e. The number of allylic oxidation sites excluding steroid dienone is 6. The van der Waals surface area contributed by atoms with Crippen LogP contribution in [0.25, 0.3) is 0 Å². The minimum absolute atomic E-state index is 0.0118. The van der Waals surface area contributed by atoms with Crippen molar-refractivity contribution in [2.75, 3.05) is 13.2 Å². The van der Waals surface area contributed by atoms with Gasteiger partial charge in [0.1, 0.15) is 0 Å². The van der Waals surface area contributed by atoms with Gasteiger partial charge < -0.3 is 20.3 Å². The minimum atomic E-state index is -0.664. The number of unbranched alkanes of at least 4 members (excludes halogenated alkanes) is 64. The Bertz CT molecular complexity index is 1510. The fraction of sp³-hybridized carbons (Fsp3) is 0.908. The maximum atomic E-state index is 12.6. The van der Waals surface area contributed by atoms with Gasteiger partial charge in [0.05, 0.1) is 25.4 Å². The lowest BCUT2D eigenvalue weighted by Gasteiger charge is -2.22. The number of hydrogen-bond acceptors (Lipinski definition) is 5. The summed E-state index contributed by atoms with van der Waals surface area (Å²) in [5, 5.41) is 23.5. The molecule has 0 radical (unpaired) electrons. The highest BCUT2D eigenvalue weighted by Crippen LogP contribution is 2.20. The Hall–Kier alpha value is -1.92. The summed E-state index contributed by atoms with van der Waals surface area (Å²) in [5.41, 5.74) is 0. The molecule has 6 heteroatoms. The summed E-state index contributed by atoms with van der Waals surface area (Å²) in [6.45, 7) is 4.99. The SMILES string of the molecule is CCCCCC/C=C\CCCCCCCC(=O)OCCCCCCCCCCCCCCCCC/C=C\C/C=C\CCCCCCCCCCCCCCCCCCCC(=O)NC(CO)C(O)CCCCCCCCCCCCCCCCCCCCCCCCCC. The number of aliphatic hydroxyl groups is 2. The molecular formula is C87H167NO5. The van der Waals surface area contributed by atoms with Crippen LogP contribution in [0.3, 0.4) is 0 Å². The van der Waals surface area contributed by atoms with Crippen molar-refractivity contribution in [2.45, 2.75) is 495 Å². The van der Waals surface area contributed by atoms with Crippen LogP contribution in [0.1, 0.15) is 483 Å². The second-order valence-electron chi connectivity index (χ2n) is 29.5. The highest BCUT2D eigenvalue weighted by molar-refractivity contribution is 5.76. The van der Waals surface area contributed by atoms with E-state index in [1.807, 2.05) is 0 Å². The van der Waals surface area contributed by atoms with Crippen molar-refractivity contribution in [1.29, 1.82) is 0 Å². The van der Waals surface area contributed by atoms with E-state index in [-0.39, 0.29) is 18.5 Å². The van der Waals surface area contributed by atoms with E-state index in [9.17, 15) is 19.8 Å². The van der Waals surface area contributed by atoms with Gasteiger partial charge in [-0.3, -0.25) is 9.59 Å². The number of rotatable bonds is 81. The maximum Gasteiger partial charge on any atom is 0.305 e. The van der Waals surface area contributed by atoms with Crippen LogP contribution in [0, 0.1) is 0 Å². The fourth-order valence-electron chi connectivity index (χ4n) is 13.7. The van der Waals surface area contributed by atoms with Crippen molar-refractivity contribution in [3.63, 3.8) is 0 Å². The van der Waals surface area contributed by atoms with E-state index in [1.165, 1.54) is 398 Å². The molecule has 0 aromatic rings. The Morgan fingerprint density at radius 2 is 0.538 bits per heavy atom. The zero-order valence-electron chi connectivity index (χ0n) is 63.3. The molecule has 0 rings (SSSR count). The summed E-state index contributed by atoms with van der Waals surface area (Å²) in [5.74, 6) is -0.0142. The predicted octanol–water partition coefficient (Wildman–Crippen LogP) is 28.6. The van der Waals surface area contributed by atoms with Crippen molar-refractivity contribution in [3.05, 3.63) is 36.5 Å². The van der Waals surface area contributed by atoms with Crippen molar-refractivity contribution >= 4 is 11.9 Å². The summed E-state index contributed by atoms with van der Waals surface area (Å²) in [7, 11) is 0. The second-order valence-corrected chi connectivity index (χ2v) is 29.5. The molecule has 550 valence electrons. The van der Waals surface area contributed by atoms with E-state index in [2.05, 4.69) is 55.6 Å². The molecule has 0 aliphatic rings. The first kappa shape index (κ1) is 91.1. The number of amides is 1. The highest BCUT2D eigenvalue weighted by Gasteiger charge is 2.20. The van der Waals surface area contributed by atoms with Crippen LogP contribution in [0.2, 0.25) is 0 Å². The monoisotopic (exact) mass is 1310 g/mol. The smallest absolute Gasteiger partial charge is 0.305 e. The van der Waals surface area contributed by atoms with Gasteiger partial charge in [0.2, 0.25) is 5.91 Å². The van der Waals surface area contributed by atoms with E-state index in [1.54, 1.807) is 0 Å². The van der Waals surface area contributed by atoms with Crippen LogP contribution in [-0.4, -0.2) is 47.4 Å². The zero-order chi connectivity index (χ0) is 67.0. The zero-order valence-corrected chi connectivity index (χ0v) is 63.3. The number of ether oxygens (including phenoxy) is 1. The van der Waals surface area contributed by atoms with Gasteiger partial charge >= 0.3 is 5.97 Å². The van der Waals surface area contributed by atoms with E-state index < -0.39 is 12.1 Å². The summed E-state index contributed by atoms with van der Waals surface area (Å²) < 4.78 is 5.49. The van der Waals surface area contributed by atoms with Crippen LogP contribution < -0.4 is 5.32 Å². The summed E-state index contributed by atoms with van der Waals surface area (Å²) in [6, 6.07) is -0.541. The van der Waals surface area contributed by atoms with Gasteiger partial charge in [-0.25, -0.2) is 0 Å². The number of hydrogen-bond donors (Lipinski definition) is 3.